The van der Waals surface area contributed by atoms with Gasteiger partial charge in [-0.05, 0) is 50.3 Å². The second-order valence-electron chi connectivity index (χ2n) is 12.3. The summed E-state index contributed by atoms with van der Waals surface area (Å²) in [5.41, 5.74) is 0.996. The third-order valence-corrected chi connectivity index (χ3v) is 9.70. The topological polar surface area (TPSA) is 132 Å². The van der Waals surface area contributed by atoms with Gasteiger partial charge in [0.05, 0.1) is 11.0 Å². The van der Waals surface area contributed by atoms with Crippen LogP contribution < -0.4 is 10.6 Å². The molecule has 242 valence electrons. The number of likely N-dealkylation sites (tertiary alicyclic amines) is 1. The van der Waals surface area contributed by atoms with E-state index in [0.717, 1.165) is 42.8 Å². The predicted molar refractivity (Wildman–Crippen MR) is 173 cm³/mol. The van der Waals surface area contributed by atoms with Gasteiger partial charge in [0.1, 0.15) is 17.8 Å². The van der Waals surface area contributed by atoms with Gasteiger partial charge in [0.2, 0.25) is 11.8 Å². The van der Waals surface area contributed by atoms with Gasteiger partial charge in [-0.25, -0.2) is 9.78 Å². The number of hydrogen-bond donors (Lipinski definition) is 3. The average Bonchev–Trinajstić information content (AvgIpc) is 3.48. The van der Waals surface area contributed by atoms with Crippen molar-refractivity contribution in [1.29, 1.82) is 0 Å². The summed E-state index contributed by atoms with van der Waals surface area (Å²) >= 11 is 1.35. The number of likely N-dealkylation sites (N-methyl/N-ethyl adjacent to an activating group) is 2. The minimum Gasteiger partial charge on any atom is -0.480 e. The maximum absolute atomic E-state index is 13.9. The molecule has 11 heteroatoms. The first kappa shape index (κ1) is 35.2. The molecule has 0 aliphatic carbocycles. The number of aryl methyl sites for hydroxylation is 1. The van der Waals surface area contributed by atoms with Crippen LogP contribution in [0.5, 0.6) is 0 Å². The molecule has 0 spiro atoms. The van der Waals surface area contributed by atoms with Crippen molar-refractivity contribution in [3.05, 3.63) is 52.0 Å². The Hall–Kier alpha value is -3.31. The van der Waals surface area contributed by atoms with Gasteiger partial charge in [0.15, 0.2) is 0 Å². The monoisotopic (exact) mass is 627 g/mol. The van der Waals surface area contributed by atoms with Gasteiger partial charge in [0.25, 0.3) is 5.91 Å². The fourth-order valence-electron chi connectivity index (χ4n) is 5.78. The highest BCUT2D eigenvalue weighted by atomic mass is 32.1. The van der Waals surface area contributed by atoms with Gasteiger partial charge in [-0.3, -0.25) is 19.3 Å². The Balaban J connectivity index is 1.64. The number of thiazole rings is 1. The Morgan fingerprint density at radius 1 is 1.11 bits per heavy atom. The van der Waals surface area contributed by atoms with E-state index in [1.54, 1.807) is 17.3 Å². The number of benzene rings is 1. The molecule has 5 atom stereocenters. The first-order valence-corrected chi connectivity index (χ1v) is 16.6. The van der Waals surface area contributed by atoms with E-state index in [4.69, 9.17) is 0 Å². The Kier molecular flexibility index (Phi) is 13.3. The molecule has 10 nitrogen and oxygen atoms in total. The molecule has 1 aromatic carbocycles. The normalized spacial score (nSPS) is 18.2. The van der Waals surface area contributed by atoms with E-state index in [2.05, 4.69) is 34.4 Å². The first-order valence-electron chi connectivity index (χ1n) is 15.7. The highest BCUT2D eigenvalue weighted by molar-refractivity contribution is 7.09. The Morgan fingerprint density at radius 3 is 2.43 bits per heavy atom. The Morgan fingerprint density at radius 2 is 1.82 bits per heavy atom. The fraction of sp³-hybridized carbons (Fsp3) is 0.606. The Labute approximate surface area is 265 Å². The molecule has 1 fully saturated rings. The largest absolute Gasteiger partial charge is 0.480 e. The van der Waals surface area contributed by atoms with E-state index in [-0.39, 0.29) is 47.8 Å². The van der Waals surface area contributed by atoms with Gasteiger partial charge >= 0.3 is 5.97 Å². The number of rotatable bonds is 15. The summed E-state index contributed by atoms with van der Waals surface area (Å²) in [5.74, 6) is -1.68. The number of nitrogens with one attached hydrogen (secondary N) is 2. The molecule has 1 aromatic heterocycles. The zero-order chi connectivity index (χ0) is 32.4. The lowest BCUT2D eigenvalue weighted by Gasteiger charge is -2.37. The molecular formula is C33H49N5O5S. The summed E-state index contributed by atoms with van der Waals surface area (Å²) in [5, 5.41) is 17.7. The van der Waals surface area contributed by atoms with Crippen LogP contribution in [0.3, 0.4) is 0 Å². The van der Waals surface area contributed by atoms with Crippen LogP contribution in [0, 0.1) is 11.8 Å². The fourth-order valence-corrected chi connectivity index (χ4v) is 6.57. The second kappa shape index (κ2) is 16.7. The average molecular weight is 628 g/mol. The lowest BCUT2D eigenvalue weighted by atomic mass is 9.93. The van der Waals surface area contributed by atoms with E-state index in [0.29, 0.717) is 12.8 Å². The number of piperidine rings is 1. The summed E-state index contributed by atoms with van der Waals surface area (Å²) in [4.78, 5) is 60.1. The van der Waals surface area contributed by atoms with Crippen LogP contribution in [-0.4, -0.2) is 88.4 Å². The van der Waals surface area contributed by atoms with Crippen LogP contribution in [-0.2, 0) is 27.2 Å². The SMILES string of the molecule is CC[C@H](C)[C@H](NC(=O)C1CCCCN1C)C(=O)N(C)[C@H](CCc1nc(C(=O)N[C@H](Cc2ccccc2)C(=O)O)cs1)C(C)C. The number of amides is 3. The van der Waals surface area contributed by atoms with Crippen LogP contribution in [0.25, 0.3) is 0 Å². The molecule has 2 aromatic rings. The molecule has 1 unspecified atom stereocenters. The number of hydrogen-bond acceptors (Lipinski definition) is 7. The first-order chi connectivity index (χ1) is 20.9. The van der Waals surface area contributed by atoms with E-state index >= 15 is 0 Å². The van der Waals surface area contributed by atoms with Crippen molar-refractivity contribution in [2.45, 2.75) is 96.8 Å². The molecule has 1 saturated heterocycles. The van der Waals surface area contributed by atoms with Gasteiger partial charge in [-0.2, -0.15) is 0 Å². The van der Waals surface area contributed by atoms with E-state index in [9.17, 15) is 24.3 Å². The number of aliphatic carboxylic acids is 1. The molecule has 3 N–H and O–H groups in total. The highest BCUT2D eigenvalue weighted by Crippen LogP contribution is 2.22. The standard InChI is InChI=1S/C33H49N5O5S/c1-7-22(4)29(36-31(40)27-15-11-12-18-37(27)5)32(41)38(6)26(21(2)3)16-17-28-34-25(20-44-28)30(39)35-24(33(42)43)19-23-13-9-8-10-14-23/h8-10,13-14,20-22,24,26-27,29H,7,11-12,15-19H2,1-6H3,(H,35,39)(H,36,40)(H,42,43)/t22-,24+,26+,27?,29-/m0/s1. The van der Waals surface area contributed by atoms with Gasteiger partial charge < -0.3 is 20.6 Å². The highest BCUT2D eigenvalue weighted by Gasteiger charge is 2.35. The maximum atomic E-state index is 13.9. The predicted octanol–water partition coefficient (Wildman–Crippen LogP) is 4.00. The molecule has 0 bridgehead atoms. The molecular weight excluding hydrogens is 578 g/mol. The quantitative estimate of drug-likeness (QED) is 0.272. The van der Waals surface area contributed by atoms with E-state index < -0.39 is 24.0 Å². The Bertz CT molecular complexity index is 1250. The smallest absolute Gasteiger partial charge is 0.326 e. The number of carbonyl (C=O) groups is 4. The summed E-state index contributed by atoms with van der Waals surface area (Å²) in [6.07, 6.45) is 5.00. The van der Waals surface area contributed by atoms with Crippen LogP contribution in [0.1, 0.15) is 80.9 Å². The van der Waals surface area contributed by atoms with Gasteiger partial charge in [-0.1, -0.05) is 70.9 Å². The van der Waals surface area contributed by atoms with Crippen molar-refractivity contribution in [3.8, 4) is 0 Å². The van der Waals surface area contributed by atoms with Crippen LogP contribution in [0.2, 0.25) is 0 Å². The third-order valence-electron chi connectivity index (χ3n) is 8.79. The molecule has 0 saturated carbocycles. The molecule has 1 aliphatic rings. The zero-order valence-electron chi connectivity index (χ0n) is 26.9. The van der Waals surface area contributed by atoms with Crippen molar-refractivity contribution in [1.82, 2.24) is 25.4 Å². The number of carboxylic acids is 1. The zero-order valence-corrected chi connectivity index (χ0v) is 27.7. The molecule has 2 heterocycles. The molecule has 3 amide bonds. The summed E-state index contributed by atoms with van der Waals surface area (Å²) < 4.78 is 0. The van der Waals surface area contributed by atoms with Gasteiger partial charge in [0, 0.05) is 31.3 Å². The number of carbonyl (C=O) groups excluding carboxylic acids is 3. The van der Waals surface area contributed by atoms with Gasteiger partial charge in [-0.15, -0.1) is 11.3 Å². The van der Waals surface area contributed by atoms with Crippen LogP contribution in [0.15, 0.2) is 35.7 Å². The summed E-state index contributed by atoms with van der Waals surface area (Å²) in [6, 6.07) is 7.16. The molecule has 0 radical (unpaired) electrons. The van der Waals surface area contributed by atoms with Crippen molar-refractivity contribution < 1.29 is 24.3 Å². The number of nitrogens with zero attached hydrogens (tertiary/aromatic N) is 3. The minimum atomic E-state index is -1.11. The van der Waals surface area contributed by atoms with E-state index in [1.807, 2.05) is 51.2 Å². The van der Waals surface area contributed by atoms with Crippen molar-refractivity contribution in [2.24, 2.45) is 11.8 Å². The lowest BCUT2D eigenvalue weighted by Crippen LogP contribution is -2.57. The number of carboxylic acid groups (broad SMARTS) is 1. The molecule has 1 aliphatic heterocycles. The van der Waals surface area contributed by atoms with Crippen molar-refractivity contribution in [3.63, 3.8) is 0 Å². The van der Waals surface area contributed by atoms with Crippen molar-refractivity contribution in [2.75, 3.05) is 20.6 Å². The molecule has 3 rings (SSSR count). The third kappa shape index (κ3) is 9.59. The van der Waals surface area contributed by atoms with E-state index in [1.165, 1.54) is 11.3 Å². The number of aromatic nitrogens is 1. The summed E-state index contributed by atoms with van der Waals surface area (Å²) in [7, 11) is 3.77. The van der Waals surface area contributed by atoms with Crippen LogP contribution in [0.4, 0.5) is 0 Å². The lowest BCUT2D eigenvalue weighted by molar-refractivity contribution is -0.141. The second-order valence-corrected chi connectivity index (χ2v) is 13.3. The minimum absolute atomic E-state index is 0.0211. The van der Waals surface area contributed by atoms with Crippen LogP contribution >= 0.6 is 11.3 Å². The summed E-state index contributed by atoms with van der Waals surface area (Å²) in [6.45, 7) is 9.05. The molecule has 44 heavy (non-hydrogen) atoms. The maximum Gasteiger partial charge on any atom is 0.326 e. The van der Waals surface area contributed by atoms with Crippen molar-refractivity contribution >= 4 is 35.0 Å².